The molecule has 1 amide bonds. The highest BCUT2D eigenvalue weighted by Gasteiger charge is 2.18. The number of nitrogens with zero attached hydrogens (tertiary/aromatic N) is 2. The minimum absolute atomic E-state index is 0.0741. The van der Waals surface area contributed by atoms with Crippen molar-refractivity contribution in [3.8, 4) is 0 Å². The van der Waals surface area contributed by atoms with Crippen molar-refractivity contribution in [3.63, 3.8) is 0 Å². The van der Waals surface area contributed by atoms with E-state index >= 15 is 0 Å². The fraction of sp³-hybridized carbons (Fsp3) is 0.917. The molecule has 4 nitrogen and oxygen atoms in total. The Hall–Kier alpha value is -0.130. The summed E-state index contributed by atoms with van der Waals surface area (Å²) in [5, 5.41) is 2.98. The number of hydrogen-bond donors (Lipinski definition) is 1. The topological polar surface area (TPSA) is 35.6 Å². The Labute approximate surface area is 113 Å². The van der Waals surface area contributed by atoms with Crippen LogP contribution < -0.4 is 5.32 Å². The van der Waals surface area contributed by atoms with Gasteiger partial charge in [-0.05, 0) is 13.0 Å². The number of amides is 1. The summed E-state index contributed by atoms with van der Waals surface area (Å²) >= 11 is 3.41. The molecule has 0 aromatic heterocycles. The molecule has 0 saturated carbocycles. The van der Waals surface area contributed by atoms with Crippen LogP contribution in [0.15, 0.2) is 0 Å². The second kappa shape index (κ2) is 7.34. The summed E-state index contributed by atoms with van der Waals surface area (Å²) < 4.78 is 0. The molecule has 1 saturated heterocycles. The van der Waals surface area contributed by atoms with Gasteiger partial charge in [0.25, 0.3) is 0 Å². The van der Waals surface area contributed by atoms with Gasteiger partial charge in [0, 0.05) is 39.3 Å². The summed E-state index contributed by atoms with van der Waals surface area (Å²) in [5.74, 6) is 0.438. The van der Waals surface area contributed by atoms with Crippen molar-refractivity contribution < 1.29 is 4.79 Å². The van der Waals surface area contributed by atoms with Crippen molar-refractivity contribution in [1.29, 1.82) is 0 Å². The first-order valence-electron chi connectivity index (χ1n) is 6.33. The van der Waals surface area contributed by atoms with E-state index in [2.05, 4.69) is 38.1 Å². The zero-order valence-corrected chi connectivity index (χ0v) is 12.7. The summed E-state index contributed by atoms with van der Waals surface area (Å²) in [6, 6.07) is 0. The van der Waals surface area contributed by atoms with E-state index < -0.39 is 0 Å². The monoisotopic (exact) mass is 305 g/mol. The Morgan fingerprint density at radius 2 is 1.88 bits per heavy atom. The molecule has 0 aliphatic carbocycles. The van der Waals surface area contributed by atoms with Gasteiger partial charge >= 0.3 is 0 Å². The van der Waals surface area contributed by atoms with Crippen molar-refractivity contribution in [2.45, 2.75) is 18.7 Å². The molecule has 0 aromatic carbocycles. The average molecular weight is 306 g/mol. The first kappa shape index (κ1) is 14.9. The predicted molar refractivity (Wildman–Crippen MR) is 74.5 cm³/mol. The lowest BCUT2D eigenvalue weighted by Gasteiger charge is -2.32. The molecule has 100 valence electrons. The van der Waals surface area contributed by atoms with E-state index in [9.17, 15) is 4.79 Å². The number of halogens is 1. The van der Waals surface area contributed by atoms with Gasteiger partial charge in [-0.3, -0.25) is 9.69 Å². The van der Waals surface area contributed by atoms with Gasteiger partial charge in [0.15, 0.2) is 0 Å². The van der Waals surface area contributed by atoms with Crippen LogP contribution in [-0.2, 0) is 4.79 Å². The molecule has 1 aliphatic rings. The van der Waals surface area contributed by atoms with Crippen LogP contribution in [0.3, 0.4) is 0 Å². The molecule has 1 aliphatic heterocycles. The van der Waals surface area contributed by atoms with Crippen molar-refractivity contribution in [2.24, 2.45) is 5.92 Å². The number of rotatable bonds is 5. The summed E-state index contributed by atoms with van der Waals surface area (Å²) in [6.45, 7) is 10.2. The van der Waals surface area contributed by atoms with E-state index in [0.29, 0.717) is 5.92 Å². The van der Waals surface area contributed by atoms with Crippen LogP contribution in [0.5, 0.6) is 0 Å². The summed E-state index contributed by atoms with van der Waals surface area (Å²) in [6.07, 6.45) is 0. The summed E-state index contributed by atoms with van der Waals surface area (Å²) in [7, 11) is 2.15. The molecular weight excluding hydrogens is 282 g/mol. The molecule has 1 atom stereocenters. The summed E-state index contributed by atoms with van der Waals surface area (Å²) in [5.41, 5.74) is 0. The maximum atomic E-state index is 11.7. The maximum absolute atomic E-state index is 11.7. The molecule has 17 heavy (non-hydrogen) atoms. The quantitative estimate of drug-likeness (QED) is 0.762. The first-order chi connectivity index (χ1) is 8.00. The van der Waals surface area contributed by atoms with E-state index in [1.165, 1.54) is 0 Å². The molecule has 1 fully saturated rings. The number of likely N-dealkylation sites (N-methyl/N-ethyl adjacent to an activating group) is 1. The second-order valence-electron chi connectivity index (χ2n) is 5.08. The summed E-state index contributed by atoms with van der Waals surface area (Å²) in [4.78, 5) is 16.4. The molecule has 0 radical (unpaired) electrons. The lowest BCUT2D eigenvalue weighted by molar-refractivity contribution is -0.121. The van der Waals surface area contributed by atoms with Crippen LogP contribution in [0.2, 0.25) is 0 Å². The van der Waals surface area contributed by atoms with Gasteiger partial charge in [0.1, 0.15) is 0 Å². The van der Waals surface area contributed by atoms with Crippen molar-refractivity contribution in [2.75, 3.05) is 46.3 Å². The third-order valence-electron chi connectivity index (χ3n) is 3.16. The van der Waals surface area contributed by atoms with Crippen LogP contribution in [-0.4, -0.2) is 66.9 Å². The van der Waals surface area contributed by atoms with Gasteiger partial charge in [-0.1, -0.05) is 29.8 Å². The Kier molecular flexibility index (Phi) is 6.44. The van der Waals surface area contributed by atoms with Gasteiger partial charge < -0.3 is 10.2 Å². The highest BCUT2D eigenvalue weighted by Crippen LogP contribution is 2.11. The minimum Gasteiger partial charge on any atom is -0.354 e. The highest BCUT2D eigenvalue weighted by molar-refractivity contribution is 9.10. The van der Waals surface area contributed by atoms with E-state index in [-0.39, 0.29) is 10.7 Å². The van der Waals surface area contributed by atoms with E-state index in [1.54, 1.807) is 0 Å². The second-order valence-corrected chi connectivity index (χ2v) is 6.07. The Balaban J connectivity index is 2.13. The van der Waals surface area contributed by atoms with Crippen molar-refractivity contribution >= 4 is 21.8 Å². The molecular formula is C12H24BrN3O. The molecule has 1 unspecified atom stereocenters. The van der Waals surface area contributed by atoms with Gasteiger partial charge in [-0.2, -0.15) is 0 Å². The normalized spacial score (nSPS) is 20.5. The number of piperazine rings is 1. The zero-order valence-electron chi connectivity index (χ0n) is 11.1. The molecule has 0 aromatic rings. The lowest BCUT2D eigenvalue weighted by Crippen LogP contribution is -2.47. The van der Waals surface area contributed by atoms with E-state index in [1.807, 2.05) is 13.8 Å². The van der Waals surface area contributed by atoms with Crippen molar-refractivity contribution in [3.05, 3.63) is 0 Å². The average Bonchev–Trinajstić information content (AvgIpc) is 2.30. The molecule has 0 spiro atoms. The largest absolute Gasteiger partial charge is 0.354 e. The Bertz CT molecular complexity index is 240. The van der Waals surface area contributed by atoms with Crippen molar-refractivity contribution in [1.82, 2.24) is 15.1 Å². The van der Waals surface area contributed by atoms with Crippen LogP contribution in [0.1, 0.15) is 13.8 Å². The number of carbonyl (C=O) groups is 1. The number of nitrogens with one attached hydrogen (secondary N) is 1. The molecule has 1 rings (SSSR count). The zero-order chi connectivity index (χ0) is 12.8. The van der Waals surface area contributed by atoms with Gasteiger partial charge in [0.05, 0.1) is 4.83 Å². The molecule has 5 heteroatoms. The Morgan fingerprint density at radius 1 is 1.29 bits per heavy atom. The van der Waals surface area contributed by atoms with Gasteiger partial charge in [0.2, 0.25) is 5.91 Å². The van der Waals surface area contributed by atoms with Crippen LogP contribution >= 0.6 is 15.9 Å². The maximum Gasteiger partial charge on any atom is 0.234 e. The third-order valence-corrected chi connectivity index (χ3v) is 4.63. The van der Waals surface area contributed by atoms with E-state index in [0.717, 1.165) is 39.3 Å². The van der Waals surface area contributed by atoms with Crippen LogP contribution in [0.4, 0.5) is 0 Å². The van der Waals surface area contributed by atoms with Gasteiger partial charge in [-0.25, -0.2) is 0 Å². The van der Waals surface area contributed by atoms with E-state index in [4.69, 9.17) is 0 Å². The fourth-order valence-corrected chi connectivity index (χ4v) is 1.97. The number of carbonyl (C=O) groups excluding carboxylic acids is 1. The fourth-order valence-electron chi connectivity index (χ4n) is 1.81. The van der Waals surface area contributed by atoms with Crippen LogP contribution in [0, 0.1) is 5.92 Å². The van der Waals surface area contributed by atoms with Crippen LogP contribution in [0.25, 0.3) is 0 Å². The Morgan fingerprint density at radius 3 is 2.41 bits per heavy atom. The lowest BCUT2D eigenvalue weighted by atomic mass is 10.1. The van der Waals surface area contributed by atoms with Gasteiger partial charge in [-0.15, -0.1) is 0 Å². The first-order valence-corrected chi connectivity index (χ1v) is 7.25. The number of alkyl halides is 1. The molecule has 0 bridgehead atoms. The highest BCUT2D eigenvalue weighted by atomic mass is 79.9. The minimum atomic E-state index is -0.0741. The SMILES string of the molecule is CC(C)C(Br)C(=O)NCCN1CCN(C)CC1. The smallest absolute Gasteiger partial charge is 0.234 e. The number of hydrogen-bond acceptors (Lipinski definition) is 3. The standard InChI is InChI=1S/C12H24BrN3O/c1-10(2)11(13)12(17)14-4-5-16-8-6-15(3)7-9-16/h10-11H,4-9H2,1-3H3,(H,14,17). The predicted octanol–water partition coefficient (Wildman–Crippen LogP) is 0.770. The third kappa shape index (κ3) is 5.36. The molecule has 1 N–H and O–H groups in total. The molecule has 1 heterocycles.